The Kier molecular flexibility index (Phi) is 5.33. The third-order valence-corrected chi connectivity index (χ3v) is 3.55. The lowest BCUT2D eigenvalue weighted by atomic mass is 10.1. The van der Waals surface area contributed by atoms with Crippen molar-refractivity contribution in [3.05, 3.63) is 52.1 Å². The third-order valence-electron chi connectivity index (χ3n) is 3.12. The van der Waals surface area contributed by atoms with E-state index in [1.54, 1.807) is 19.3 Å². The van der Waals surface area contributed by atoms with Crippen LogP contribution in [0.2, 0.25) is 0 Å². The summed E-state index contributed by atoms with van der Waals surface area (Å²) < 4.78 is 0.772. The number of pyridine rings is 1. The lowest BCUT2D eigenvalue weighted by Gasteiger charge is -2.12. The highest BCUT2D eigenvalue weighted by Crippen LogP contribution is 2.21. The van der Waals surface area contributed by atoms with Gasteiger partial charge in [0.25, 0.3) is 5.91 Å². The molecular weight excluding hydrogens is 330 g/mol. The van der Waals surface area contributed by atoms with Crippen LogP contribution in [0.3, 0.4) is 0 Å². The minimum absolute atomic E-state index is 0.170. The average Bonchev–Trinajstić information content (AvgIpc) is 2.49. The van der Waals surface area contributed by atoms with Crippen molar-refractivity contribution in [3.63, 3.8) is 0 Å². The number of nitrogens with zero attached hydrogens (tertiary/aromatic N) is 1. The monoisotopic (exact) mass is 347 g/mol. The number of hydrogen-bond donors (Lipinski definition) is 2. The smallest absolute Gasteiger partial charge is 0.259 e. The van der Waals surface area contributed by atoms with Gasteiger partial charge in [-0.3, -0.25) is 4.79 Å². The summed E-state index contributed by atoms with van der Waals surface area (Å²) in [5, 5.41) is 5.91. The van der Waals surface area contributed by atoms with Crippen molar-refractivity contribution >= 4 is 33.3 Å². The standard InChI is InChI=1S/C16H18BrN3O/c1-3-6-11-7-4-5-8-14(11)20-16(21)13-9-12(17)10-19-15(13)18-2/h4-5,7-10H,3,6H2,1-2H3,(H,18,19)(H,20,21). The molecule has 1 aromatic heterocycles. The van der Waals surface area contributed by atoms with Gasteiger partial charge < -0.3 is 10.6 Å². The van der Waals surface area contributed by atoms with E-state index in [1.165, 1.54) is 0 Å². The summed E-state index contributed by atoms with van der Waals surface area (Å²) in [6, 6.07) is 9.63. The van der Waals surface area contributed by atoms with E-state index in [2.05, 4.69) is 38.5 Å². The highest BCUT2D eigenvalue weighted by Gasteiger charge is 2.14. The normalized spacial score (nSPS) is 10.2. The molecule has 0 bridgehead atoms. The quantitative estimate of drug-likeness (QED) is 0.856. The molecule has 110 valence electrons. The zero-order valence-corrected chi connectivity index (χ0v) is 13.7. The van der Waals surface area contributed by atoms with E-state index in [-0.39, 0.29) is 5.91 Å². The predicted octanol–water partition coefficient (Wildman–Crippen LogP) is 4.09. The fourth-order valence-corrected chi connectivity index (χ4v) is 2.46. The van der Waals surface area contributed by atoms with E-state index >= 15 is 0 Å². The van der Waals surface area contributed by atoms with Crippen LogP contribution in [0.15, 0.2) is 41.0 Å². The van der Waals surface area contributed by atoms with Gasteiger partial charge in [0.05, 0.1) is 5.56 Å². The molecule has 0 aliphatic heterocycles. The fraction of sp³-hybridized carbons (Fsp3) is 0.250. The molecule has 1 heterocycles. The Morgan fingerprint density at radius 3 is 2.81 bits per heavy atom. The lowest BCUT2D eigenvalue weighted by Crippen LogP contribution is -2.16. The second kappa shape index (κ2) is 7.22. The number of carbonyl (C=O) groups excluding carboxylic acids is 1. The van der Waals surface area contributed by atoms with Crippen molar-refractivity contribution < 1.29 is 4.79 Å². The molecular formula is C16H18BrN3O. The largest absolute Gasteiger partial charge is 0.372 e. The number of anilines is 2. The first kappa shape index (κ1) is 15.5. The maximum Gasteiger partial charge on any atom is 0.259 e. The third kappa shape index (κ3) is 3.82. The number of carbonyl (C=O) groups is 1. The number of amides is 1. The van der Waals surface area contributed by atoms with Crippen LogP contribution in [0.4, 0.5) is 11.5 Å². The average molecular weight is 348 g/mol. The molecule has 0 fully saturated rings. The molecule has 5 heteroatoms. The topological polar surface area (TPSA) is 54.0 Å². The summed E-state index contributed by atoms with van der Waals surface area (Å²) in [5.41, 5.74) is 2.51. The van der Waals surface area contributed by atoms with Crippen molar-refractivity contribution in [2.75, 3.05) is 17.7 Å². The summed E-state index contributed by atoms with van der Waals surface area (Å²) in [7, 11) is 1.75. The van der Waals surface area contributed by atoms with E-state index in [0.717, 1.165) is 28.6 Å². The number of para-hydroxylation sites is 1. The summed E-state index contributed by atoms with van der Waals surface area (Å²) in [4.78, 5) is 16.7. The van der Waals surface area contributed by atoms with Crippen LogP contribution in [0.25, 0.3) is 0 Å². The molecule has 0 aliphatic carbocycles. The van der Waals surface area contributed by atoms with Crippen molar-refractivity contribution in [2.24, 2.45) is 0 Å². The van der Waals surface area contributed by atoms with E-state index < -0.39 is 0 Å². The number of halogens is 1. The van der Waals surface area contributed by atoms with Crippen LogP contribution in [0.5, 0.6) is 0 Å². The van der Waals surface area contributed by atoms with Crippen molar-refractivity contribution in [1.29, 1.82) is 0 Å². The molecule has 1 aromatic carbocycles. The fourth-order valence-electron chi connectivity index (χ4n) is 2.13. The Balaban J connectivity index is 2.28. The van der Waals surface area contributed by atoms with Gasteiger partial charge in [-0.05, 0) is 40.0 Å². The molecule has 2 rings (SSSR count). The molecule has 0 saturated carbocycles. The second-order valence-electron chi connectivity index (χ2n) is 4.66. The molecule has 2 aromatic rings. The van der Waals surface area contributed by atoms with Crippen LogP contribution >= 0.6 is 15.9 Å². The number of hydrogen-bond acceptors (Lipinski definition) is 3. The van der Waals surface area contributed by atoms with Gasteiger partial charge in [0, 0.05) is 23.4 Å². The number of rotatable bonds is 5. The molecule has 0 unspecified atom stereocenters. The van der Waals surface area contributed by atoms with Crippen LogP contribution < -0.4 is 10.6 Å². The number of aromatic nitrogens is 1. The molecule has 0 atom stereocenters. The van der Waals surface area contributed by atoms with Crippen LogP contribution in [0, 0.1) is 0 Å². The Labute approximate surface area is 133 Å². The van der Waals surface area contributed by atoms with Gasteiger partial charge in [-0.2, -0.15) is 0 Å². The Bertz CT molecular complexity index is 643. The first-order valence-electron chi connectivity index (χ1n) is 6.88. The van der Waals surface area contributed by atoms with Gasteiger partial charge in [0.1, 0.15) is 5.82 Å². The van der Waals surface area contributed by atoms with Gasteiger partial charge in [0.15, 0.2) is 0 Å². The highest BCUT2D eigenvalue weighted by molar-refractivity contribution is 9.10. The molecule has 2 N–H and O–H groups in total. The number of aryl methyl sites for hydroxylation is 1. The lowest BCUT2D eigenvalue weighted by molar-refractivity contribution is 0.102. The molecule has 0 aliphatic rings. The summed E-state index contributed by atoms with van der Waals surface area (Å²) in [5.74, 6) is 0.389. The van der Waals surface area contributed by atoms with E-state index in [1.807, 2.05) is 24.3 Å². The van der Waals surface area contributed by atoms with Crippen molar-refractivity contribution in [3.8, 4) is 0 Å². The highest BCUT2D eigenvalue weighted by atomic mass is 79.9. The maximum atomic E-state index is 12.5. The molecule has 0 saturated heterocycles. The molecule has 4 nitrogen and oxygen atoms in total. The van der Waals surface area contributed by atoms with Crippen LogP contribution in [0.1, 0.15) is 29.3 Å². The summed E-state index contributed by atoms with van der Waals surface area (Å²) in [6.45, 7) is 2.12. The summed E-state index contributed by atoms with van der Waals surface area (Å²) >= 11 is 3.35. The second-order valence-corrected chi connectivity index (χ2v) is 5.58. The van der Waals surface area contributed by atoms with Crippen LogP contribution in [-0.4, -0.2) is 17.9 Å². The Hall–Kier alpha value is -1.88. The summed E-state index contributed by atoms with van der Waals surface area (Å²) in [6.07, 6.45) is 3.63. The predicted molar refractivity (Wildman–Crippen MR) is 89.9 cm³/mol. The Morgan fingerprint density at radius 2 is 2.10 bits per heavy atom. The molecule has 21 heavy (non-hydrogen) atoms. The molecule has 1 amide bonds. The van der Waals surface area contributed by atoms with Crippen molar-refractivity contribution in [1.82, 2.24) is 4.98 Å². The van der Waals surface area contributed by atoms with Gasteiger partial charge in [-0.25, -0.2) is 4.98 Å². The number of benzene rings is 1. The van der Waals surface area contributed by atoms with Crippen molar-refractivity contribution in [2.45, 2.75) is 19.8 Å². The van der Waals surface area contributed by atoms with Crippen LogP contribution in [-0.2, 0) is 6.42 Å². The Morgan fingerprint density at radius 1 is 1.33 bits per heavy atom. The minimum atomic E-state index is -0.170. The van der Waals surface area contributed by atoms with Gasteiger partial charge in [0.2, 0.25) is 0 Å². The zero-order chi connectivity index (χ0) is 15.2. The molecule has 0 radical (unpaired) electrons. The zero-order valence-electron chi connectivity index (χ0n) is 12.1. The number of nitrogens with one attached hydrogen (secondary N) is 2. The van der Waals surface area contributed by atoms with E-state index in [4.69, 9.17) is 0 Å². The maximum absolute atomic E-state index is 12.5. The van der Waals surface area contributed by atoms with E-state index in [9.17, 15) is 4.79 Å². The van der Waals surface area contributed by atoms with Gasteiger partial charge >= 0.3 is 0 Å². The first-order chi connectivity index (χ1) is 10.2. The van der Waals surface area contributed by atoms with Gasteiger partial charge in [-0.1, -0.05) is 31.5 Å². The van der Waals surface area contributed by atoms with E-state index in [0.29, 0.717) is 11.4 Å². The minimum Gasteiger partial charge on any atom is -0.372 e. The first-order valence-corrected chi connectivity index (χ1v) is 7.67. The van der Waals surface area contributed by atoms with Gasteiger partial charge in [-0.15, -0.1) is 0 Å². The molecule has 0 spiro atoms. The SMILES string of the molecule is CCCc1ccccc1NC(=O)c1cc(Br)cnc1NC.